The summed E-state index contributed by atoms with van der Waals surface area (Å²) in [6, 6.07) is 3.87. The molecule has 0 radical (unpaired) electrons. The average molecular weight is 329 g/mol. The van der Waals surface area contributed by atoms with Crippen LogP contribution in [0, 0.1) is 11.7 Å². The molecule has 1 aliphatic rings. The molecule has 1 aromatic carbocycles. The number of ether oxygens (including phenoxy) is 1. The van der Waals surface area contributed by atoms with E-state index in [0.29, 0.717) is 11.7 Å². The van der Waals surface area contributed by atoms with Gasteiger partial charge < -0.3 is 15.0 Å². The lowest BCUT2D eigenvalue weighted by molar-refractivity contribution is -0.134. The van der Waals surface area contributed by atoms with Crippen LogP contribution in [0.1, 0.15) is 19.8 Å². The number of carbonyl (C=O) groups excluding carboxylic acids is 1. The molecule has 1 aliphatic heterocycles. The Morgan fingerprint density at radius 1 is 1.45 bits per heavy atom. The number of amides is 1. The van der Waals surface area contributed by atoms with Gasteiger partial charge in [-0.3, -0.25) is 4.79 Å². The number of hydrogen-bond donors (Lipinski definition) is 1. The minimum absolute atomic E-state index is 0.0534. The number of piperidine rings is 1. The molecule has 4 nitrogen and oxygen atoms in total. The second kappa shape index (κ2) is 8.34. The maximum Gasteiger partial charge on any atom is 0.260 e. The fourth-order valence-corrected chi connectivity index (χ4v) is 2.78. The van der Waals surface area contributed by atoms with Gasteiger partial charge in [-0.05, 0) is 50.0 Å². The molecule has 0 aliphatic carbocycles. The third kappa shape index (κ3) is 4.85. The molecule has 0 spiro atoms. The number of nitrogens with one attached hydrogen (secondary N) is 1. The molecule has 0 atom stereocenters. The molecule has 1 saturated heterocycles. The molecule has 2 rings (SSSR count). The SMILES string of the molecule is CCNCC1CCN(C(=O)COc2ccc(F)cc2Cl)CC1. The van der Waals surface area contributed by atoms with Crippen molar-refractivity contribution in [2.75, 3.05) is 32.8 Å². The van der Waals surface area contributed by atoms with E-state index in [9.17, 15) is 9.18 Å². The van der Waals surface area contributed by atoms with Crippen LogP contribution in [0.3, 0.4) is 0 Å². The summed E-state index contributed by atoms with van der Waals surface area (Å²) in [5.41, 5.74) is 0. The molecular weight excluding hydrogens is 307 g/mol. The largest absolute Gasteiger partial charge is 0.482 e. The Hall–Kier alpha value is -1.33. The molecule has 0 aromatic heterocycles. The molecule has 1 aromatic rings. The number of benzene rings is 1. The van der Waals surface area contributed by atoms with Crippen molar-refractivity contribution in [3.05, 3.63) is 29.0 Å². The number of nitrogens with zero attached hydrogens (tertiary/aromatic N) is 1. The number of carbonyl (C=O) groups is 1. The van der Waals surface area contributed by atoms with Gasteiger partial charge in [0.2, 0.25) is 0 Å². The van der Waals surface area contributed by atoms with E-state index in [1.807, 2.05) is 4.90 Å². The van der Waals surface area contributed by atoms with Crippen LogP contribution in [-0.4, -0.2) is 43.6 Å². The van der Waals surface area contributed by atoms with Crippen molar-refractivity contribution < 1.29 is 13.9 Å². The van der Waals surface area contributed by atoms with E-state index >= 15 is 0 Å². The van der Waals surface area contributed by atoms with E-state index < -0.39 is 5.82 Å². The minimum Gasteiger partial charge on any atom is -0.482 e. The summed E-state index contributed by atoms with van der Waals surface area (Å²) in [7, 11) is 0. The van der Waals surface area contributed by atoms with Crippen molar-refractivity contribution in [3.63, 3.8) is 0 Å². The first kappa shape index (κ1) is 17.0. The van der Waals surface area contributed by atoms with Crippen LogP contribution in [0.15, 0.2) is 18.2 Å². The molecule has 0 unspecified atom stereocenters. The molecule has 122 valence electrons. The number of hydrogen-bond acceptors (Lipinski definition) is 3. The van der Waals surface area contributed by atoms with Crippen LogP contribution in [0.4, 0.5) is 4.39 Å². The molecular formula is C16H22ClFN2O2. The van der Waals surface area contributed by atoms with Gasteiger partial charge in [-0.1, -0.05) is 18.5 Å². The Labute approximate surface area is 135 Å². The fourth-order valence-electron chi connectivity index (χ4n) is 2.56. The molecule has 22 heavy (non-hydrogen) atoms. The minimum atomic E-state index is -0.425. The van der Waals surface area contributed by atoms with Gasteiger partial charge in [0.1, 0.15) is 11.6 Å². The Morgan fingerprint density at radius 2 is 2.18 bits per heavy atom. The molecule has 6 heteroatoms. The lowest BCUT2D eigenvalue weighted by Gasteiger charge is -2.32. The van der Waals surface area contributed by atoms with Crippen LogP contribution in [0.5, 0.6) is 5.75 Å². The molecule has 1 N–H and O–H groups in total. The van der Waals surface area contributed by atoms with Crippen molar-refractivity contribution in [3.8, 4) is 5.75 Å². The summed E-state index contributed by atoms with van der Waals surface area (Å²) in [6.07, 6.45) is 2.02. The molecule has 1 fully saturated rings. The second-order valence-corrected chi connectivity index (χ2v) is 5.90. The highest BCUT2D eigenvalue weighted by molar-refractivity contribution is 6.32. The number of likely N-dealkylation sites (tertiary alicyclic amines) is 1. The van der Waals surface area contributed by atoms with Gasteiger partial charge in [-0.15, -0.1) is 0 Å². The average Bonchev–Trinajstić information content (AvgIpc) is 2.52. The number of halogens is 2. The van der Waals surface area contributed by atoms with Crippen molar-refractivity contribution >= 4 is 17.5 Å². The Bertz CT molecular complexity index is 505. The Kier molecular flexibility index (Phi) is 6.46. The molecule has 1 heterocycles. The topological polar surface area (TPSA) is 41.6 Å². The normalized spacial score (nSPS) is 15.9. The van der Waals surface area contributed by atoms with Crippen molar-refractivity contribution in [1.82, 2.24) is 10.2 Å². The maximum absolute atomic E-state index is 12.9. The Balaban J connectivity index is 1.76. The zero-order chi connectivity index (χ0) is 15.9. The van der Waals surface area contributed by atoms with E-state index in [0.717, 1.165) is 39.0 Å². The Morgan fingerprint density at radius 3 is 2.82 bits per heavy atom. The van der Waals surface area contributed by atoms with Crippen molar-refractivity contribution in [1.29, 1.82) is 0 Å². The van der Waals surface area contributed by atoms with E-state index in [4.69, 9.17) is 16.3 Å². The highest BCUT2D eigenvalue weighted by atomic mass is 35.5. The molecule has 0 saturated carbocycles. The predicted molar refractivity (Wildman–Crippen MR) is 84.8 cm³/mol. The second-order valence-electron chi connectivity index (χ2n) is 5.50. The fraction of sp³-hybridized carbons (Fsp3) is 0.562. The summed E-state index contributed by atoms with van der Waals surface area (Å²) in [5, 5.41) is 3.52. The first-order valence-corrected chi connectivity index (χ1v) is 8.04. The zero-order valence-electron chi connectivity index (χ0n) is 12.8. The van der Waals surface area contributed by atoms with Gasteiger partial charge in [0.25, 0.3) is 5.91 Å². The monoisotopic (exact) mass is 328 g/mol. The lowest BCUT2D eigenvalue weighted by Crippen LogP contribution is -2.42. The van der Waals surface area contributed by atoms with Crippen LogP contribution in [0.2, 0.25) is 5.02 Å². The highest BCUT2D eigenvalue weighted by Gasteiger charge is 2.22. The lowest BCUT2D eigenvalue weighted by atomic mass is 9.97. The zero-order valence-corrected chi connectivity index (χ0v) is 13.5. The maximum atomic E-state index is 12.9. The quantitative estimate of drug-likeness (QED) is 0.873. The highest BCUT2D eigenvalue weighted by Crippen LogP contribution is 2.25. The van der Waals surface area contributed by atoms with Crippen molar-refractivity contribution in [2.45, 2.75) is 19.8 Å². The smallest absolute Gasteiger partial charge is 0.260 e. The van der Waals surface area contributed by atoms with E-state index in [-0.39, 0.29) is 17.5 Å². The van der Waals surface area contributed by atoms with Crippen LogP contribution < -0.4 is 10.1 Å². The van der Waals surface area contributed by atoms with Crippen molar-refractivity contribution in [2.24, 2.45) is 5.92 Å². The van der Waals surface area contributed by atoms with Gasteiger partial charge in [-0.25, -0.2) is 4.39 Å². The van der Waals surface area contributed by atoms with E-state index in [1.54, 1.807) is 0 Å². The first-order valence-electron chi connectivity index (χ1n) is 7.66. The van der Waals surface area contributed by atoms with Gasteiger partial charge in [-0.2, -0.15) is 0 Å². The third-order valence-electron chi connectivity index (χ3n) is 3.90. The summed E-state index contributed by atoms with van der Waals surface area (Å²) in [5.74, 6) is 0.489. The standard InChI is InChI=1S/C16H22ClFN2O2/c1-2-19-10-12-5-7-20(8-6-12)16(21)11-22-15-4-3-13(18)9-14(15)17/h3-4,9,12,19H,2,5-8,10-11H2,1H3. The molecule has 1 amide bonds. The number of rotatable bonds is 6. The van der Waals surface area contributed by atoms with E-state index in [2.05, 4.69) is 12.2 Å². The van der Waals surface area contributed by atoms with Gasteiger partial charge >= 0.3 is 0 Å². The predicted octanol–water partition coefficient (Wildman–Crippen LogP) is 2.71. The van der Waals surface area contributed by atoms with Crippen LogP contribution in [0.25, 0.3) is 0 Å². The van der Waals surface area contributed by atoms with Gasteiger partial charge in [0, 0.05) is 13.1 Å². The third-order valence-corrected chi connectivity index (χ3v) is 4.19. The summed E-state index contributed by atoms with van der Waals surface area (Å²) < 4.78 is 18.3. The summed E-state index contributed by atoms with van der Waals surface area (Å²) >= 11 is 5.87. The van der Waals surface area contributed by atoms with Crippen LogP contribution in [-0.2, 0) is 4.79 Å². The molecule has 0 bridgehead atoms. The first-order chi connectivity index (χ1) is 10.6. The summed E-state index contributed by atoms with van der Waals surface area (Å²) in [6.45, 7) is 5.54. The van der Waals surface area contributed by atoms with Gasteiger partial charge in [0.15, 0.2) is 6.61 Å². The summed E-state index contributed by atoms with van der Waals surface area (Å²) in [4.78, 5) is 14.0. The van der Waals surface area contributed by atoms with Gasteiger partial charge in [0.05, 0.1) is 5.02 Å². The van der Waals surface area contributed by atoms with E-state index in [1.165, 1.54) is 18.2 Å². The van der Waals surface area contributed by atoms with Crippen LogP contribution >= 0.6 is 11.6 Å².